The number of hydrogen-bond acceptors (Lipinski definition) is 1. The van der Waals surface area contributed by atoms with Crippen molar-refractivity contribution in [2.45, 2.75) is 39.7 Å². The van der Waals surface area contributed by atoms with Crippen LogP contribution in [0.3, 0.4) is 0 Å². The van der Waals surface area contributed by atoms with E-state index in [4.69, 9.17) is 5.73 Å². The Hall–Kier alpha value is -0.390. The van der Waals surface area contributed by atoms with Gasteiger partial charge in [0, 0.05) is 6.04 Å². The summed E-state index contributed by atoms with van der Waals surface area (Å²) in [5.74, 6) is 0. The van der Waals surface area contributed by atoms with Crippen LogP contribution in [-0.2, 0) is 0 Å². The maximum absolute atomic E-state index is 6.30. The maximum Gasteiger partial charge on any atom is 0.0346 e. The molecule has 0 saturated heterocycles. The van der Waals surface area contributed by atoms with E-state index < -0.39 is 0 Å². The van der Waals surface area contributed by atoms with E-state index in [1.165, 1.54) is 17.3 Å². The van der Waals surface area contributed by atoms with E-state index in [1.807, 2.05) is 0 Å². The second kappa shape index (κ2) is 5.09. The summed E-state index contributed by atoms with van der Waals surface area (Å²) in [6.07, 6.45) is 2.35. The minimum atomic E-state index is 0.128. The van der Waals surface area contributed by atoms with Gasteiger partial charge in [0.2, 0.25) is 0 Å². The Bertz CT molecular complexity index is 303. The summed E-state index contributed by atoms with van der Waals surface area (Å²) in [7, 11) is 2.70. The molecule has 2 atom stereocenters. The van der Waals surface area contributed by atoms with E-state index in [0.717, 1.165) is 6.42 Å². The van der Waals surface area contributed by atoms with Gasteiger partial charge in [-0.3, -0.25) is 0 Å². The average Bonchev–Trinajstić information content (AvgIpc) is 2.18. The normalized spacial score (nSPS) is 13.9. The minimum Gasteiger partial charge on any atom is -0.324 e. The first kappa shape index (κ1) is 12.7. The molecular formula is C13H22NP. The van der Waals surface area contributed by atoms with Gasteiger partial charge >= 0.3 is 0 Å². The zero-order valence-electron chi connectivity index (χ0n) is 9.96. The van der Waals surface area contributed by atoms with Crippen molar-refractivity contribution in [1.82, 2.24) is 0 Å². The third kappa shape index (κ3) is 3.29. The lowest BCUT2D eigenvalue weighted by molar-refractivity contribution is 0.263. The topological polar surface area (TPSA) is 26.0 Å². The first-order valence-corrected chi connectivity index (χ1v) is 6.16. The van der Waals surface area contributed by atoms with Gasteiger partial charge in [0.05, 0.1) is 0 Å². The molecular weight excluding hydrogens is 201 g/mol. The van der Waals surface area contributed by atoms with Crippen molar-refractivity contribution in [3.8, 4) is 0 Å². The van der Waals surface area contributed by atoms with Crippen LogP contribution in [0.15, 0.2) is 24.3 Å². The van der Waals surface area contributed by atoms with Gasteiger partial charge in [0.15, 0.2) is 0 Å². The molecule has 1 nitrogen and oxygen atoms in total. The van der Waals surface area contributed by atoms with Crippen LogP contribution in [0.5, 0.6) is 0 Å². The van der Waals surface area contributed by atoms with Crippen LogP contribution in [0.25, 0.3) is 0 Å². The standard InChI is InChI=1S/C13H22NP/c1-4-9-13(2,3)12(14)10-5-7-11(15)8-6-10/h5-8,12H,4,9,14-15H2,1-3H3. The molecule has 0 aliphatic rings. The predicted octanol–water partition coefficient (Wildman–Crippen LogP) is 3.01. The molecule has 0 spiro atoms. The lowest BCUT2D eigenvalue weighted by Gasteiger charge is -2.31. The van der Waals surface area contributed by atoms with E-state index in [2.05, 4.69) is 54.3 Å². The van der Waals surface area contributed by atoms with Gasteiger partial charge in [-0.1, -0.05) is 51.5 Å². The zero-order chi connectivity index (χ0) is 11.5. The van der Waals surface area contributed by atoms with Crippen molar-refractivity contribution in [3.05, 3.63) is 29.8 Å². The molecule has 0 saturated carbocycles. The molecule has 0 radical (unpaired) electrons. The number of rotatable bonds is 4. The molecule has 0 aromatic heterocycles. The summed E-state index contributed by atoms with van der Waals surface area (Å²) in [4.78, 5) is 0. The third-order valence-corrected chi connectivity index (χ3v) is 3.42. The smallest absolute Gasteiger partial charge is 0.0346 e. The second-order valence-electron chi connectivity index (χ2n) is 4.88. The van der Waals surface area contributed by atoms with Crippen molar-refractivity contribution >= 4 is 14.5 Å². The van der Waals surface area contributed by atoms with Gasteiger partial charge in [-0.15, -0.1) is 9.24 Å². The van der Waals surface area contributed by atoms with Crippen molar-refractivity contribution < 1.29 is 0 Å². The summed E-state index contributed by atoms with van der Waals surface area (Å²) >= 11 is 0. The van der Waals surface area contributed by atoms with Gasteiger partial charge in [0.25, 0.3) is 0 Å². The van der Waals surface area contributed by atoms with Crippen LogP contribution in [0.2, 0.25) is 0 Å². The van der Waals surface area contributed by atoms with Crippen molar-refractivity contribution in [1.29, 1.82) is 0 Å². The Morgan fingerprint density at radius 1 is 1.27 bits per heavy atom. The number of hydrogen-bond donors (Lipinski definition) is 1. The molecule has 84 valence electrons. The molecule has 0 aliphatic carbocycles. The average molecular weight is 223 g/mol. The SMILES string of the molecule is CCCC(C)(C)C(N)c1ccc(P)cc1. The summed E-state index contributed by atoms with van der Waals surface area (Å²) in [5, 5.41) is 1.21. The lowest BCUT2D eigenvalue weighted by atomic mass is 9.78. The quantitative estimate of drug-likeness (QED) is 0.780. The Kier molecular flexibility index (Phi) is 4.31. The van der Waals surface area contributed by atoms with Crippen LogP contribution < -0.4 is 11.0 Å². The van der Waals surface area contributed by atoms with E-state index in [9.17, 15) is 0 Å². The first-order valence-electron chi connectivity index (χ1n) is 5.58. The lowest BCUT2D eigenvalue weighted by Crippen LogP contribution is -2.29. The summed E-state index contributed by atoms with van der Waals surface area (Å²) < 4.78 is 0. The largest absolute Gasteiger partial charge is 0.324 e. The molecule has 1 aromatic carbocycles. The highest BCUT2D eigenvalue weighted by molar-refractivity contribution is 7.27. The Labute approximate surface area is 95.7 Å². The highest BCUT2D eigenvalue weighted by Crippen LogP contribution is 2.35. The first-order chi connectivity index (χ1) is 6.97. The van der Waals surface area contributed by atoms with Crippen molar-refractivity contribution in [2.24, 2.45) is 11.1 Å². The molecule has 0 aliphatic heterocycles. The number of benzene rings is 1. The number of nitrogens with two attached hydrogens (primary N) is 1. The van der Waals surface area contributed by atoms with Crippen molar-refractivity contribution in [3.63, 3.8) is 0 Å². The van der Waals surface area contributed by atoms with Gasteiger partial charge in [0.1, 0.15) is 0 Å². The molecule has 0 amide bonds. The van der Waals surface area contributed by atoms with Gasteiger partial charge in [-0.05, 0) is 22.7 Å². The van der Waals surface area contributed by atoms with Crippen LogP contribution >= 0.6 is 9.24 Å². The Morgan fingerprint density at radius 3 is 2.27 bits per heavy atom. The second-order valence-corrected chi connectivity index (χ2v) is 5.55. The van der Waals surface area contributed by atoms with Gasteiger partial charge in [-0.2, -0.15) is 0 Å². The molecule has 2 unspecified atom stereocenters. The molecule has 2 heteroatoms. The fourth-order valence-electron chi connectivity index (χ4n) is 1.95. The predicted molar refractivity (Wildman–Crippen MR) is 71.4 cm³/mol. The van der Waals surface area contributed by atoms with Crippen LogP contribution in [0.4, 0.5) is 0 Å². The fraction of sp³-hybridized carbons (Fsp3) is 0.538. The molecule has 1 aromatic rings. The minimum absolute atomic E-state index is 0.128. The van der Waals surface area contributed by atoms with E-state index >= 15 is 0 Å². The molecule has 1 rings (SSSR count). The molecule has 0 fully saturated rings. The Morgan fingerprint density at radius 2 is 1.80 bits per heavy atom. The zero-order valence-corrected chi connectivity index (χ0v) is 11.1. The van der Waals surface area contributed by atoms with E-state index in [-0.39, 0.29) is 11.5 Å². The molecule has 2 N–H and O–H groups in total. The third-order valence-electron chi connectivity index (χ3n) is 3.03. The monoisotopic (exact) mass is 223 g/mol. The molecule has 0 heterocycles. The summed E-state index contributed by atoms with van der Waals surface area (Å²) in [6.45, 7) is 6.70. The van der Waals surface area contributed by atoms with Crippen LogP contribution in [0, 0.1) is 5.41 Å². The highest BCUT2D eigenvalue weighted by Gasteiger charge is 2.26. The molecule has 0 bridgehead atoms. The van der Waals surface area contributed by atoms with Crippen LogP contribution in [0.1, 0.15) is 45.2 Å². The Balaban J connectivity index is 2.84. The summed E-state index contributed by atoms with van der Waals surface area (Å²) in [5.41, 5.74) is 7.72. The molecule has 15 heavy (non-hydrogen) atoms. The maximum atomic E-state index is 6.30. The van der Waals surface area contributed by atoms with Crippen LogP contribution in [-0.4, -0.2) is 0 Å². The van der Waals surface area contributed by atoms with E-state index in [1.54, 1.807) is 0 Å². The van der Waals surface area contributed by atoms with E-state index in [0.29, 0.717) is 0 Å². The summed E-state index contributed by atoms with van der Waals surface area (Å²) in [6, 6.07) is 8.58. The van der Waals surface area contributed by atoms with Gasteiger partial charge < -0.3 is 5.73 Å². The highest BCUT2D eigenvalue weighted by atomic mass is 31.0. The van der Waals surface area contributed by atoms with Gasteiger partial charge in [-0.25, -0.2) is 0 Å². The van der Waals surface area contributed by atoms with Crippen molar-refractivity contribution in [2.75, 3.05) is 0 Å². The fourth-order valence-corrected chi connectivity index (χ4v) is 2.15.